The van der Waals surface area contributed by atoms with E-state index in [1.807, 2.05) is 6.20 Å². The van der Waals surface area contributed by atoms with Crippen molar-refractivity contribution in [3.63, 3.8) is 0 Å². The van der Waals surface area contributed by atoms with Crippen molar-refractivity contribution >= 4 is 22.1 Å². The van der Waals surface area contributed by atoms with Crippen LogP contribution in [0.15, 0.2) is 122 Å². The second-order valence-electron chi connectivity index (χ2n) is 9.57. The first-order chi connectivity index (χ1) is 16.6. The van der Waals surface area contributed by atoms with E-state index in [2.05, 4.69) is 135 Å². The zero-order chi connectivity index (χ0) is 23.3. The molecule has 0 bridgehead atoms. The Morgan fingerprint density at radius 2 is 1.21 bits per heavy atom. The van der Waals surface area contributed by atoms with Crippen molar-refractivity contribution < 1.29 is 0 Å². The summed E-state index contributed by atoms with van der Waals surface area (Å²) in [6.07, 6.45) is 1.94. The van der Waals surface area contributed by atoms with Crippen molar-refractivity contribution in [3.8, 4) is 22.3 Å². The van der Waals surface area contributed by atoms with Crippen molar-refractivity contribution in [1.29, 1.82) is 0 Å². The number of anilines is 2. The molecule has 34 heavy (non-hydrogen) atoms. The van der Waals surface area contributed by atoms with Gasteiger partial charge in [0.05, 0.1) is 5.69 Å². The molecule has 164 valence electrons. The highest BCUT2D eigenvalue weighted by Crippen LogP contribution is 2.50. The predicted molar refractivity (Wildman–Crippen MR) is 146 cm³/mol. The van der Waals surface area contributed by atoms with Crippen LogP contribution in [-0.2, 0) is 5.41 Å². The van der Waals surface area contributed by atoms with Crippen LogP contribution in [0.1, 0.15) is 25.0 Å². The Labute approximate surface area is 201 Å². The molecule has 0 aliphatic carbocycles. The third-order valence-corrected chi connectivity index (χ3v) is 7.23. The van der Waals surface area contributed by atoms with Gasteiger partial charge in [-0.2, -0.15) is 0 Å². The summed E-state index contributed by atoms with van der Waals surface area (Å²) in [5, 5.41) is 2.53. The van der Waals surface area contributed by atoms with Crippen LogP contribution >= 0.6 is 0 Å². The first-order valence-corrected chi connectivity index (χ1v) is 11.8. The first-order valence-electron chi connectivity index (χ1n) is 11.8. The molecule has 1 heteroatoms. The third kappa shape index (κ3) is 3.16. The van der Waals surface area contributed by atoms with Gasteiger partial charge in [0, 0.05) is 17.3 Å². The van der Waals surface area contributed by atoms with Gasteiger partial charge in [-0.1, -0.05) is 105 Å². The number of rotatable bonds is 3. The summed E-state index contributed by atoms with van der Waals surface area (Å²) in [5.41, 5.74) is 9.83. The van der Waals surface area contributed by atoms with Gasteiger partial charge in [-0.25, -0.2) is 0 Å². The van der Waals surface area contributed by atoms with E-state index in [0.29, 0.717) is 0 Å². The molecule has 5 aromatic rings. The Kier molecular flexibility index (Phi) is 4.67. The number of hydrogen-bond donors (Lipinski definition) is 0. The van der Waals surface area contributed by atoms with Gasteiger partial charge in [-0.05, 0) is 68.4 Å². The highest BCUT2D eigenvalue weighted by molar-refractivity contribution is 5.89. The molecule has 0 unspecified atom stereocenters. The Morgan fingerprint density at radius 3 is 2.00 bits per heavy atom. The van der Waals surface area contributed by atoms with E-state index in [-0.39, 0.29) is 5.41 Å². The summed E-state index contributed by atoms with van der Waals surface area (Å²) in [6, 6.07) is 39.5. The van der Waals surface area contributed by atoms with Crippen molar-refractivity contribution in [2.75, 3.05) is 4.90 Å². The van der Waals surface area contributed by atoms with E-state index in [1.165, 1.54) is 55.5 Å². The minimum absolute atomic E-state index is 0.128. The maximum Gasteiger partial charge on any atom is 0.0502 e. The fraction of sp³-hybridized carbons (Fsp3) is 0.0909. The maximum absolute atomic E-state index is 4.18. The quantitative estimate of drug-likeness (QED) is 0.272. The standard InChI is InChI=1S/C33H27N/c1-4-34-31-19-17-27(23-10-6-5-7-11-23)21-30(31)33(2,3)29-18-16-28(22-32(29)34)26-15-14-24-12-8-9-13-25(24)20-26/h4-22H,1H2,2-3H3. The number of benzene rings is 5. The van der Waals surface area contributed by atoms with Crippen LogP contribution in [0.3, 0.4) is 0 Å². The molecule has 0 saturated heterocycles. The first kappa shape index (κ1) is 20.5. The molecule has 1 aliphatic heterocycles. The molecule has 1 nitrogen and oxygen atoms in total. The molecule has 0 atom stereocenters. The average Bonchev–Trinajstić information content (AvgIpc) is 2.89. The summed E-state index contributed by atoms with van der Waals surface area (Å²) >= 11 is 0. The largest absolute Gasteiger partial charge is 0.317 e. The van der Waals surface area contributed by atoms with Crippen LogP contribution in [0.2, 0.25) is 0 Å². The monoisotopic (exact) mass is 437 g/mol. The summed E-state index contributed by atoms with van der Waals surface area (Å²) in [4.78, 5) is 2.25. The highest BCUT2D eigenvalue weighted by atomic mass is 15.1. The minimum Gasteiger partial charge on any atom is -0.317 e. The molecule has 0 radical (unpaired) electrons. The van der Waals surface area contributed by atoms with E-state index in [1.54, 1.807) is 0 Å². The average molecular weight is 438 g/mol. The van der Waals surface area contributed by atoms with E-state index < -0.39 is 0 Å². The maximum atomic E-state index is 4.18. The highest BCUT2D eigenvalue weighted by Gasteiger charge is 2.36. The lowest BCUT2D eigenvalue weighted by atomic mass is 9.72. The summed E-state index contributed by atoms with van der Waals surface area (Å²) in [6.45, 7) is 8.84. The van der Waals surface area contributed by atoms with E-state index in [0.717, 1.165) is 0 Å². The SMILES string of the molecule is C=CN1c2cc(-c3ccc4ccccc4c3)ccc2C(C)(C)c2cc(-c3ccccc3)ccc21. The number of nitrogens with zero attached hydrogens (tertiary/aromatic N) is 1. The molecule has 1 aliphatic rings. The van der Waals surface area contributed by atoms with Gasteiger partial charge in [0.25, 0.3) is 0 Å². The second-order valence-corrected chi connectivity index (χ2v) is 9.57. The Hall–Kier alpha value is -4.10. The van der Waals surface area contributed by atoms with Gasteiger partial charge in [0.2, 0.25) is 0 Å². The van der Waals surface area contributed by atoms with Gasteiger partial charge in [-0.15, -0.1) is 0 Å². The zero-order valence-corrected chi connectivity index (χ0v) is 19.6. The fourth-order valence-electron chi connectivity index (χ4n) is 5.34. The van der Waals surface area contributed by atoms with E-state index >= 15 is 0 Å². The van der Waals surface area contributed by atoms with Gasteiger partial charge in [0.1, 0.15) is 0 Å². The lowest BCUT2D eigenvalue weighted by Gasteiger charge is -2.41. The molecular formula is C33H27N. The van der Waals surface area contributed by atoms with E-state index in [4.69, 9.17) is 0 Å². The molecule has 0 fully saturated rings. The summed E-state index contributed by atoms with van der Waals surface area (Å²) < 4.78 is 0. The van der Waals surface area contributed by atoms with Crippen LogP contribution in [-0.4, -0.2) is 0 Å². The van der Waals surface area contributed by atoms with Crippen LogP contribution in [0, 0.1) is 0 Å². The molecule has 0 amide bonds. The lowest BCUT2D eigenvalue weighted by molar-refractivity contribution is 0.632. The van der Waals surface area contributed by atoms with Crippen LogP contribution in [0.5, 0.6) is 0 Å². The molecular weight excluding hydrogens is 410 g/mol. The topological polar surface area (TPSA) is 3.24 Å². The molecule has 5 aromatic carbocycles. The molecule has 0 aromatic heterocycles. The van der Waals surface area contributed by atoms with E-state index in [9.17, 15) is 0 Å². The van der Waals surface area contributed by atoms with Crippen molar-refractivity contribution in [3.05, 3.63) is 133 Å². The van der Waals surface area contributed by atoms with Crippen LogP contribution in [0.25, 0.3) is 33.0 Å². The molecule has 0 N–H and O–H groups in total. The number of fused-ring (bicyclic) bond motifs is 3. The van der Waals surface area contributed by atoms with Gasteiger partial charge in [-0.3, -0.25) is 0 Å². The summed E-state index contributed by atoms with van der Waals surface area (Å²) in [5.74, 6) is 0. The normalized spacial score (nSPS) is 13.9. The van der Waals surface area contributed by atoms with Crippen LogP contribution < -0.4 is 4.90 Å². The van der Waals surface area contributed by atoms with Crippen molar-refractivity contribution in [2.24, 2.45) is 0 Å². The lowest BCUT2D eigenvalue weighted by Crippen LogP contribution is -2.30. The third-order valence-electron chi connectivity index (χ3n) is 7.23. The minimum atomic E-state index is -0.128. The Morgan fingerprint density at radius 1 is 0.559 bits per heavy atom. The Bertz CT molecular complexity index is 1540. The van der Waals surface area contributed by atoms with Gasteiger partial charge in [0.15, 0.2) is 0 Å². The molecule has 0 saturated carbocycles. The van der Waals surface area contributed by atoms with Gasteiger partial charge < -0.3 is 4.90 Å². The zero-order valence-electron chi connectivity index (χ0n) is 19.6. The van der Waals surface area contributed by atoms with Gasteiger partial charge >= 0.3 is 0 Å². The van der Waals surface area contributed by atoms with Crippen LogP contribution in [0.4, 0.5) is 11.4 Å². The molecule has 1 heterocycles. The van der Waals surface area contributed by atoms with Crippen molar-refractivity contribution in [1.82, 2.24) is 0 Å². The summed E-state index contributed by atoms with van der Waals surface area (Å²) in [7, 11) is 0. The Balaban J connectivity index is 1.49. The molecule has 6 rings (SSSR count). The van der Waals surface area contributed by atoms with Crippen molar-refractivity contribution in [2.45, 2.75) is 19.3 Å². The smallest absolute Gasteiger partial charge is 0.0502 e. The second kappa shape index (κ2) is 7.74. The fourth-order valence-corrected chi connectivity index (χ4v) is 5.34. The molecule has 0 spiro atoms. The predicted octanol–water partition coefficient (Wildman–Crippen LogP) is 9.09. The number of hydrogen-bond acceptors (Lipinski definition) is 1.